The van der Waals surface area contributed by atoms with Crippen molar-refractivity contribution < 1.29 is 13.5 Å². The molecule has 0 radical (unpaired) electrons. The fraction of sp³-hybridized carbons (Fsp3) is 0.538. The largest absolute Gasteiger partial charge is 0.493 e. The Bertz CT molecular complexity index is 424. The van der Waals surface area contributed by atoms with E-state index in [0.717, 1.165) is 11.3 Å². The van der Waals surface area contributed by atoms with Crippen LogP contribution in [0.4, 0.5) is 8.78 Å². The highest BCUT2D eigenvalue weighted by Crippen LogP contribution is 2.38. The quantitative estimate of drug-likeness (QED) is 0.883. The second-order valence-electron chi connectivity index (χ2n) is 5.29. The van der Waals surface area contributed by atoms with Crippen LogP contribution in [0.25, 0.3) is 0 Å². The molecule has 0 saturated heterocycles. The first-order valence-corrected chi connectivity index (χ1v) is 5.71. The van der Waals surface area contributed by atoms with Crippen molar-refractivity contribution in [1.29, 1.82) is 0 Å². The molecule has 1 aliphatic heterocycles. The fourth-order valence-corrected chi connectivity index (χ4v) is 2.09. The minimum Gasteiger partial charge on any atom is -0.493 e. The number of rotatable bonds is 3. The van der Waals surface area contributed by atoms with Gasteiger partial charge in [-0.1, -0.05) is 0 Å². The second-order valence-corrected chi connectivity index (χ2v) is 5.29. The van der Waals surface area contributed by atoms with Gasteiger partial charge in [0.2, 0.25) is 0 Å². The SMILES string of the molecule is CC(C)(N)CC(F)(F)c1ccc2c(c1)CCO2. The third kappa shape index (κ3) is 2.75. The van der Waals surface area contributed by atoms with Crippen molar-refractivity contribution in [2.24, 2.45) is 5.73 Å². The van der Waals surface area contributed by atoms with Gasteiger partial charge in [0, 0.05) is 23.9 Å². The molecule has 1 aliphatic rings. The highest BCUT2D eigenvalue weighted by Gasteiger charge is 2.37. The van der Waals surface area contributed by atoms with Gasteiger partial charge in [0.1, 0.15) is 5.75 Å². The topological polar surface area (TPSA) is 35.2 Å². The van der Waals surface area contributed by atoms with Crippen LogP contribution in [0.1, 0.15) is 31.4 Å². The molecule has 1 aromatic rings. The van der Waals surface area contributed by atoms with E-state index in [9.17, 15) is 8.78 Å². The second kappa shape index (κ2) is 3.95. The maximum Gasteiger partial charge on any atom is 0.275 e. The summed E-state index contributed by atoms with van der Waals surface area (Å²) < 4.78 is 33.3. The summed E-state index contributed by atoms with van der Waals surface area (Å²) in [5, 5.41) is 0. The molecule has 4 heteroatoms. The van der Waals surface area contributed by atoms with Gasteiger partial charge in [0.25, 0.3) is 5.92 Å². The summed E-state index contributed by atoms with van der Waals surface area (Å²) in [6.45, 7) is 3.79. The summed E-state index contributed by atoms with van der Waals surface area (Å²) in [7, 11) is 0. The number of ether oxygens (including phenoxy) is 1. The molecule has 0 aromatic heterocycles. The number of benzene rings is 1. The minimum absolute atomic E-state index is 0.0280. The van der Waals surface area contributed by atoms with E-state index < -0.39 is 11.5 Å². The highest BCUT2D eigenvalue weighted by atomic mass is 19.3. The molecule has 0 atom stereocenters. The zero-order chi connectivity index (χ0) is 12.7. The molecule has 2 rings (SSSR count). The van der Waals surface area contributed by atoms with Crippen LogP contribution in [-0.2, 0) is 12.3 Å². The zero-order valence-corrected chi connectivity index (χ0v) is 10.1. The molecule has 0 aliphatic carbocycles. The van der Waals surface area contributed by atoms with Crippen LogP contribution in [0.5, 0.6) is 5.75 Å². The monoisotopic (exact) mass is 241 g/mol. The minimum atomic E-state index is -2.89. The number of alkyl halides is 2. The van der Waals surface area contributed by atoms with Gasteiger partial charge in [-0.15, -0.1) is 0 Å². The predicted octanol–water partition coefficient (Wildman–Crippen LogP) is 2.84. The van der Waals surface area contributed by atoms with Crippen LogP contribution in [0.3, 0.4) is 0 Å². The van der Waals surface area contributed by atoms with Gasteiger partial charge >= 0.3 is 0 Å². The van der Waals surface area contributed by atoms with E-state index in [1.54, 1.807) is 19.9 Å². The smallest absolute Gasteiger partial charge is 0.275 e. The number of hydrogen-bond acceptors (Lipinski definition) is 2. The van der Waals surface area contributed by atoms with Crippen molar-refractivity contribution in [1.82, 2.24) is 0 Å². The molecule has 1 heterocycles. The predicted molar refractivity (Wildman–Crippen MR) is 62.4 cm³/mol. The van der Waals surface area contributed by atoms with E-state index in [2.05, 4.69) is 0 Å². The Morgan fingerprint density at radius 2 is 2.06 bits per heavy atom. The summed E-state index contributed by atoms with van der Waals surface area (Å²) in [5.41, 5.74) is 5.66. The molecular formula is C13H17F2NO. The molecule has 0 amide bonds. The first-order valence-electron chi connectivity index (χ1n) is 5.71. The van der Waals surface area contributed by atoms with Crippen LogP contribution in [0.2, 0.25) is 0 Å². The summed E-state index contributed by atoms with van der Waals surface area (Å²) >= 11 is 0. The van der Waals surface area contributed by atoms with E-state index in [1.807, 2.05) is 0 Å². The molecule has 0 spiro atoms. The van der Waals surface area contributed by atoms with Crippen molar-refractivity contribution in [3.63, 3.8) is 0 Å². The summed E-state index contributed by atoms with van der Waals surface area (Å²) in [6.07, 6.45) is 0.338. The van der Waals surface area contributed by atoms with Gasteiger partial charge in [-0.3, -0.25) is 0 Å². The molecule has 0 unspecified atom stereocenters. The number of halogens is 2. The van der Waals surface area contributed by atoms with Crippen molar-refractivity contribution in [2.75, 3.05) is 6.61 Å². The molecule has 0 bridgehead atoms. The molecule has 0 saturated carbocycles. The number of nitrogens with two attached hydrogens (primary N) is 1. The fourth-order valence-electron chi connectivity index (χ4n) is 2.09. The maximum absolute atomic E-state index is 14.0. The molecule has 94 valence electrons. The van der Waals surface area contributed by atoms with Gasteiger partial charge in [-0.2, -0.15) is 0 Å². The third-order valence-corrected chi connectivity index (χ3v) is 2.79. The van der Waals surface area contributed by atoms with Gasteiger partial charge in [-0.25, -0.2) is 8.78 Å². The molecule has 1 aromatic carbocycles. The van der Waals surface area contributed by atoms with E-state index >= 15 is 0 Å². The van der Waals surface area contributed by atoms with Crippen LogP contribution in [-0.4, -0.2) is 12.1 Å². The van der Waals surface area contributed by atoms with Crippen LogP contribution in [0, 0.1) is 0 Å². The molecule has 2 nitrogen and oxygen atoms in total. The van der Waals surface area contributed by atoms with Crippen molar-refractivity contribution >= 4 is 0 Å². The summed E-state index contributed by atoms with van der Waals surface area (Å²) in [5.74, 6) is -2.17. The van der Waals surface area contributed by atoms with E-state index in [0.29, 0.717) is 13.0 Å². The zero-order valence-electron chi connectivity index (χ0n) is 10.1. The standard InChI is InChI=1S/C13H17F2NO/c1-12(2,16)8-13(14,15)10-3-4-11-9(7-10)5-6-17-11/h3-4,7H,5-6,8,16H2,1-2H3. The average Bonchev–Trinajstić information content (AvgIpc) is 2.59. The Balaban J connectivity index is 2.27. The van der Waals surface area contributed by atoms with Crippen LogP contribution < -0.4 is 10.5 Å². The first kappa shape index (κ1) is 12.3. The third-order valence-electron chi connectivity index (χ3n) is 2.79. The first-order chi connectivity index (χ1) is 7.78. The highest BCUT2D eigenvalue weighted by molar-refractivity contribution is 5.41. The molecular weight excluding hydrogens is 224 g/mol. The average molecular weight is 241 g/mol. The van der Waals surface area contributed by atoms with Crippen molar-refractivity contribution in [2.45, 2.75) is 38.2 Å². The lowest BCUT2D eigenvalue weighted by Crippen LogP contribution is -2.38. The number of fused-ring (bicyclic) bond motifs is 1. The van der Waals surface area contributed by atoms with Gasteiger partial charge in [0.15, 0.2) is 0 Å². The Kier molecular flexibility index (Phi) is 2.86. The molecule has 0 fully saturated rings. The Hall–Kier alpha value is -1.16. The van der Waals surface area contributed by atoms with Crippen LogP contribution >= 0.6 is 0 Å². The van der Waals surface area contributed by atoms with Gasteiger partial charge in [-0.05, 0) is 37.6 Å². The summed E-state index contributed by atoms with van der Waals surface area (Å²) in [4.78, 5) is 0. The lowest BCUT2D eigenvalue weighted by atomic mass is 9.92. The molecule has 17 heavy (non-hydrogen) atoms. The normalized spacial score (nSPS) is 15.6. The Labute approximate surface area is 99.8 Å². The van der Waals surface area contributed by atoms with Crippen LogP contribution in [0.15, 0.2) is 18.2 Å². The Morgan fingerprint density at radius 1 is 1.35 bits per heavy atom. The number of hydrogen-bond donors (Lipinski definition) is 1. The summed E-state index contributed by atoms with van der Waals surface area (Å²) in [6, 6.07) is 4.58. The van der Waals surface area contributed by atoms with E-state index in [1.165, 1.54) is 12.1 Å². The molecule has 2 N–H and O–H groups in total. The van der Waals surface area contributed by atoms with Crippen molar-refractivity contribution in [3.05, 3.63) is 29.3 Å². The Morgan fingerprint density at radius 3 is 2.71 bits per heavy atom. The van der Waals surface area contributed by atoms with Crippen molar-refractivity contribution in [3.8, 4) is 5.75 Å². The van der Waals surface area contributed by atoms with E-state index in [4.69, 9.17) is 10.5 Å². The maximum atomic E-state index is 14.0. The lowest BCUT2D eigenvalue weighted by Gasteiger charge is -2.26. The van der Waals surface area contributed by atoms with E-state index in [-0.39, 0.29) is 12.0 Å². The van der Waals surface area contributed by atoms with Gasteiger partial charge < -0.3 is 10.5 Å². The lowest BCUT2D eigenvalue weighted by molar-refractivity contribution is -0.0296. The van der Waals surface area contributed by atoms with Gasteiger partial charge in [0.05, 0.1) is 6.61 Å².